The lowest BCUT2D eigenvalue weighted by Gasteiger charge is -1.98. The molecule has 2 aromatic rings. The molecule has 0 aliphatic heterocycles. The van der Waals surface area contributed by atoms with E-state index >= 15 is 0 Å². The van der Waals surface area contributed by atoms with Crippen LogP contribution in [0.3, 0.4) is 0 Å². The Balaban J connectivity index is 2.22. The molecule has 2 heteroatoms. The molecule has 2 nitrogen and oxygen atoms in total. The van der Waals surface area contributed by atoms with Gasteiger partial charge in [-0.25, -0.2) is 4.79 Å². The van der Waals surface area contributed by atoms with Crippen LogP contribution in [0.25, 0.3) is 6.08 Å². The number of hydrogen-bond donors (Lipinski definition) is 0. The molecule has 2 rings (SSSR count). The van der Waals surface area contributed by atoms with Gasteiger partial charge in [-0.05, 0) is 36.8 Å². The monoisotopic (exact) mass is 276 g/mol. The van der Waals surface area contributed by atoms with E-state index in [4.69, 9.17) is 4.74 Å². The smallest absolute Gasteiger partial charge is 0.330 e. The first kappa shape index (κ1) is 14.6. The minimum Gasteiger partial charge on any atom is -0.463 e. The van der Waals surface area contributed by atoms with Gasteiger partial charge in [0.1, 0.15) is 0 Å². The van der Waals surface area contributed by atoms with E-state index in [1.54, 1.807) is 13.0 Å². The predicted molar refractivity (Wildman–Crippen MR) is 84.5 cm³/mol. The average molecular weight is 276 g/mol. The summed E-state index contributed by atoms with van der Waals surface area (Å²) in [5.41, 5.74) is 2.73. The summed E-state index contributed by atoms with van der Waals surface area (Å²) in [4.78, 5) is 11.4. The van der Waals surface area contributed by atoms with Gasteiger partial charge in [-0.15, -0.1) is 0 Å². The van der Waals surface area contributed by atoms with Crippen molar-refractivity contribution in [2.45, 2.75) is 6.92 Å². The standard InChI is InChI=1S/C19H16O2/c1-2-21-19(20)15-14-18-11-7-6-10-17(18)13-12-16-8-4-3-5-9-16/h3-11,14-15H,2H2,1H3/b15-14+. The largest absolute Gasteiger partial charge is 0.463 e. The van der Waals surface area contributed by atoms with Crippen molar-refractivity contribution in [3.8, 4) is 11.8 Å². The van der Waals surface area contributed by atoms with E-state index in [1.165, 1.54) is 6.08 Å². The van der Waals surface area contributed by atoms with Gasteiger partial charge < -0.3 is 4.74 Å². The molecular formula is C19H16O2. The quantitative estimate of drug-likeness (QED) is 0.486. The number of carbonyl (C=O) groups is 1. The molecule has 0 bridgehead atoms. The number of rotatable bonds is 3. The summed E-state index contributed by atoms with van der Waals surface area (Å²) in [5.74, 6) is 5.90. The number of esters is 1. The molecule has 104 valence electrons. The highest BCUT2D eigenvalue weighted by Crippen LogP contribution is 2.10. The molecular weight excluding hydrogens is 260 g/mol. The van der Waals surface area contributed by atoms with E-state index in [0.717, 1.165) is 16.7 Å². The van der Waals surface area contributed by atoms with Crippen LogP contribution in [0.5, 0.6) is 0 Å². The Bertz CT molecular complexity index is 688. The van der Waals surface area contributed by atoms with Crippen molar-refractivity contribution >= 4 is 12.0 Å². The third-order valence-electron chi connectivity index (χ3n) is 2.76. The van der Waals surface area contributed by atoms with Crippen molar-refractivity contribution in [1.82, 2.24) is 0 Å². The van der Waals surface area contributed by atoms with Crippen molar-refractivity contribution in [2.75, 3.05) is 6.61 Å². The topological polar surface area (TPSA) is 26.3 Å². The highest BCUT2D eigenvalue weighted by Gasteiger charge is 1.97. The van der Waals surface area contributed by atoms with Gasteiger partial charge in [-0.1, -0.05) is 48.2 Å². The third kappa shape index (κ3) is 4.67. The number of benzene rings is 2. The van der Waals surface area contributed by atoms with Crippen LogP contribution in [0.1, 0.15) is 23.6 Å². The van der Waals surface area contributed by atoms with Crippen LogP contribution in [-0.2, 0) is 9.53 Å². The van der Waals surface area contributed by atoms with E-state index in [9.17, 15) is 4.79 Å². The zero-order valence-electron chi connectivity index (χ0n) is 11.9. The summed E-state index contributed by atoms with van der Waals surface area (Å²) in [6, 6.07) is 17.5. The lowest BCUT2D eigenvalue weighted by atomic mass is 10.1. The van der Waals surface area contributed by atoms with Crippen molar-refractivity contribution in [2.24, 2.45) is 0 Å². The van der Waals surface area contributed by atoms with Gasteiger partial charge in [0.2, 0.25) is 0 Å². The molecule has 0 saturated carbocycles. The van der Waals surface area contributed by atoms with Crippen LogP contribution in [0.4, 0.5) is 0 Å². The molecule has 0 radical (unpaired) electrons. The Hall–Kier alpha value is -2.79. The average Bonchev–Trinajstić information content (AvgIpc) is 2.53. The van der Waals surface area contributed by atoms with Gasteiger partial charge in [-0.3, -0.25) is 0 Å². The molecule has 21 heavy (non-hydrogen) atoms. The van der Waals surface area contributed by atoms with Crippen LogP contribution in [0.2, 0.25) is 0 Å². The second-order valence-corrected chi connectivity index (χ2v) is 4.29. The van der Waals surface area contributed by atoms with Crippen LogP contribution < -0.4 is 0 Å². The fraction of sp³-hybridized carbons (Fsp3) is 0.105. The molecule has 0 heterocycles. The van der Waals surface area contributed by atoms with Crippen molar-refractivity contribution < 1.29 is 9.53 Å². The maximum absolute atomic E-state index is 11.4. The molecule has 0 atom stereocenters. The Morgan fingerprint density at radius 2 is 1.76 bits per heavy atom. The first-order valence-electron chi connectivity index (χ1n) is 6.80. The van der Waals surface area contributed by atoms with E-state index in [1.807, 2.05) is 54.6 Å². The van der Waals surface area contributed by atoms with Gasteiger partial charge in [0.05, 0.1) is 6.61 Å². The van der Waals surface area contributed by atoms with Gasteiger partial charge in [0.25, 0.3) is 0 Å². The highest BCUT2D eigenvalue weighted by atomic mass is 16.5. The Morgan fingerprint density at radius 3 is 2.52 bits per heavy atom. The summed E-state index contributed by atoms with van der Waals surface area (Å²) < 4.78 is 4.87. The molecule has 0 amide bonds. The zero-order valence-corrected chi connectivity index (χ0v) is 11.9. The van der Waals surface area contributed by atoms with E-state index in [-0.39, 0.29) is 5.97 Å². The Kier molecular flexibility index (Phi) is 5.37. The van der Waals surface area contributed by atoms with Gasteiger partial charge in [0.15, 0.2) is 0 Å². The second-order valence-electron chi connectivity index (χ2n) is 4.29. The lowest BCUT2D eigenvalue weighted by Crippen LogP contribution is -1.98. The molecule has 0 unspecified atom stereocenters. The summed E-state index contributed by atoms with van der Waals surface area (Å²) in [5, 5.41) is 0. The zero-order chi connectivity index (χ0) is 14.9. The molecule has 0 N–H and O–H groups in total. The van der Waals surface area contributed by atoms with Gasteiger partial charge >= 0.3 is 5.97 Å². The van der Waals surface area contributed by atoms with Crippen molar-refractivity contribution in [3.05, 3.63) is 77.4 Å². The predicted octanol–water partition coefficient (Wildman–Crippen LogP) is 3.66. The minimum atomic E-state index is -0.344. The Morgan fingerprint density at radius 1 is 1.05 bits per heavy atom. The summed E-state index contributed by atoms with van der Waals surface area (Å²) >= 11 is 0. The number of hydrogen-bond acceptors (Lipinski definition) is 2. The van der Waals surface area contributed by atoms with Crippen LogP contribution in [-0.4, -0.2) is 12.6 Å². The normalized spacial score (nSPS) is 9.95. The molecule has 0 spiro atoms. The van der Waals surface area contributed by atoms with E-state index < -0.39 is 0 Å². The summed E-state index contributed by atoms with van der Waals surface area (Å²) in [6.07, 6.45) is 3.15. The number of carbonyl (C=O) groups excluding carboxylic acids is 1. The maximum atomic E-state index is 11.4. The molecule has 0 saturated heterocycles. The fourth-order valence-electron chi connectivity index (χ4n) is 1.77. The van der Waals surface area contributed by atoms with Crippen LogP contribution >= 0.6 is 0 Å². The maximum Gasteiger partial charge on any atom is 0.330 e. The SMILES string of the molecule is CCOC(=O)/C=C/c1ccccc1C#Cc1ccccc1. The first-order valence-corrected chi connectivity index (χ1v) is 6.80. The van der Waals surface area contributed by atoms with E-state index in [2.05, 4.69) is 11.8 Å². The van der Waals surface area contributed by atoms with E-state index in [0.29, 0.717) is 6.61 Å². The molecule has 0 aliphatic rings. The summed E-state index contributed by atoms with van der Waals surface area (Å²) in [7, 11) is 0. The molecule has 2 aromatic carbocycles. The second kappa shape index (κ2) is 7.72. The van der Waals surface area contributed by atoms with Crippen LogP contribution in [0, 0.1) is 11.8 Å². The van der Waals surface area contributed by atoms with Gasteiger partial charge in [0, 0.05) is 17.2 Å². The molecule has 0 aromatic heterocycles. The van der Waals surface area contributed by atoms with Gasteiger partial charge in [-0.2, -0.15) is 0 Å². The number of ether oxygens (including phenoxy) is 1. The highest BCUT2D eigenvalue weighted by molar-refractivity contribution is 5.87. The van der Waals surface area contributed by atoms with Crippen LogP contribution in [0.15, 0.2) is 60.7 Å². The summed E-state index contributed by atoms with van der Waals surface area (Å²) in [6.45, 7) is 2.16. The third-order valence-corrected chi connectivity index (χ3v) is 2.76. The molecule has 0 aliphatic carbocycles. The lowest BCUT2D eigenvalue weighted by molar-refractivity contribution is -0.137. The Labute approximate surface area is 125 Å². The first-order chi connectivity index (χ1) is 10.3. The minimum absolute atomic E-state index is 0.344. The van der Waals surface area contributed by atoms with Crippen molar-refractivity contribution in [3.63, 3.8) is 0 Å². The fourth-order valence-corrected chi connectivity index (χ4v) is 1.77. The van der Waals surface area contributed by atoms with Crippen molar-refractivity contribution in [1.29, 1.82) is 0 Å². The molecule has 0 fully saturated rings.